The summed E-state index contributed by atoms with van der Waals surface area (Å²) in [6.07, 6.45) is -3.87. The number of halogens is 4. The molecule has 0 bridgehead atoms. The molecule has 4 N–H and O–H groups in total. The lowest BCUT2D eigenvalue weighted by atomic mass is 10.0. The standard InChI is InChI=1S/C10H10F4N4/c1-5-7(11)3-2-6(4-17-18-9(15)16)8(5)10(12,13)14/h2-4H,1H3,(H4,15,16,18). The third-order valence-electron chi connectivity index (χ3n) is 2.08. The third kappa shape index (κ3) is 3.19. The van der Waals surface area contributed by atoms with Crippen LogP contribution >= 0.6 is 0 Å². The maximum absolute atomic E-state index is 13.1. The van der Waals surface area contributed by atoms with Gasteiger partial charge in [-0.3, -0.25) is 0 Å². The summed E-state index contributed by atoms with van der Waals surface area (Å²) in [5.74, 6) is -1.33. The summed E-state index contributed by atoms with van der Waals surface area (Å²) in [4.78, 5) is 0. The highest BCUT2D eigenvalue weighted by atomic mass is 19.4. The van der Waals surface area contributed by atoms with E-state index in [4.69, 9.17) is 11.5 Å². The van der Waals surface area contributed by atoms with Gasteiger partial charge in [-0.2, -0.15) is 18.3 Å². The van der Waals surface area contributed by atoms with Crippen LogP contribution in [0, 0.1) is 12.7 Å². The molecule has 1 rings (SSSR count). The lowest BCUT2D eigenvalue weighted by Gasteiger charge is -2.13. The van der Waals surface area contributed by atoms with E-state index in [1.165, 1.54) is 0 Å². The van der Waals surface area contributed by atoms with E-state index in [2.05, 4.69) is 10.2 Å². The molecule has 0 atom stereocenters. The molecule has 1 aromatic rings. The molecule has 0 aliphatic rings. The predicted octanol–water partition coefficient (Wildman–Crippen LogP) is 1.76. The molecule has 8 heteroatoms. The highest BCUT2D eigenvalue weighted by Crippen LogP contribution is 2.34. The molecule has 0 heterocycles. The summed E-state index contributed by atoms with van der Waals surface area (Å²) < 4.78 is 51.4. The molecule has 0 aromatic heterocycles. The molecular weight excluding hydrogens is 252 g/mol. The number of alkyl halides is 3. The van der Waals surface area contributed by atoms with Crippen molar-refractivity contribution in [1.29, 1.82) is 0 Å². The Kier molecular flexibility index (Phi) is 3.89. The van der Waals surface area contributed by atoms with Crippen LogP contribution in [-0.2, 0) is 6.18 Å². The van der Waals surface area contributed by atoms with Crippen molar-refractivity contribution in [3.8, 4) is 0 Å². The molecule has 1 aromatic carbocycles. The minimum atomic E-state index is -4.69. The van der Waals surface area contributed by atoms with Gasteiger partial charge in [-0.1, -0.05) is 0 Å². The number of rotatable bonds is 2. The zero-order valence-corrected chi connectivity index (χ0v) is 9.29. The summed E-state index contributed by atoms with van der Waals surface area (Å²) in [5, 5.41) is 6.45. The van der Waals surface area contributed by atoms with Crippen molar-refractivity contribution in [2.75, 3.05) is 0 Å². The lowest BCUT2D eigenvalue weighted by Crippen LogP contribution is -2.21. The molecular formula is C10H10F4N4. The fourth-order valence-corrected chi connectivity index (χ4v) is 1.35. The summed E-state index contributed by atoms with van der Waals surface area (Å²) in [5.41, 5.74) is 8.02. The normalized spacial score (nSPS) is 11.8. The van der Waals surface area contributed by atoms with Crippen LogP contribution in [0.3, 0.4) is 0 Å². The minimum absolute atomic E-state index is 0.314. The smallest absolute Gasteiger partial charge is 0.369 e. The number of hydrogen-bond donors (Lipinski definition) is 2. The third-order valence-corrected chi connectivity index (χ3v) is 2.08. The second-order valence-corrected chi connectivity index (χ2v) is 3.40. The molecule has 18 heavy (non-hydrogen) atoms. The fraction of sp³-hybridized carbons (Fsp3) is 0.200. The van der Waals surface area contributed by atoms with Crippen molar-refractivity contribution >= 4 is 12.2 Å². The molecule has 0 amide bonds. The van der Waals surface area contributed by atoms with E-state index in [0.29, 0.717) is 0 Å². The molecule has 0 aliphatic carbocycles. The quantitative estimate of drug-likeness (QED) is 0.369. The van der Waals surface area contributed by atoms with Gasteiger partial charge in [0.15, 0.2) is 0 Å². The Labute approximate surface area is 100.0 Å². The number of benzene rings is 1. The molecule has 4 nitrogen and oxygen atoms in total. The lowest BCUT2D eigenvalue weighted by molar-refractivity contribution is -0.138. The van der Waals surface area contributed by atoms with Crippen molar-refractivity contribution in [3.63, 3.8) is 0 Å². The van der Waals surface area contributed by atoms with E-state index in [0.717, 1.165) is 25.3 Å². The van der Waals surface area contributed by atoms with Crippen LogP contribution < -0.4 is 11.5 Å². The van der Waals surface area contributed by atoms with Gasteiger partial charge >= 0.3 is 6.18 Å². The maximum atomic E-state index is 13.1. The highest BCUT2D eigenvalue weighted by Gasteiger charge is 2.35. The highest BCUT2D eigenvalue weighted by molar-refractivity contribution is 5.84. The van der Waals surface area contributed by atoms with Gasteiger partial charge < -0.3 is 11.5 Å². The van der Waals surface area contributed by atoms with E-state index >= 15 is 0 Å². The van der Waals surface area contributed by atoms with Crippen molar-refractivity contribution in [2.45, 2.75) is 13.1 Å². The zero-order valence-electron chi connectivity index (χ0n) is 9.29. The first-order chi connectivity index (χ1) is 8.23. The van der Waals surface area contributed by atoms with E-state index in [9.17, 15) is 17.6 Å². The van der Waals surface area contributed by atoms with E-state index in [1.807, 2.05) is 0 Å². The average molecular weight is 262 g/mol. The van der Waals surface area contributed by atoms with Crippen molar-refractivity contribution in [1.82, 2.24) is 0 Å². The molecule has 0 aliphatic heterocycles. The van der Waals surface area contributed by atoms with Gasteiger partial charge in [0.2, 0.25) is 5.96 Å². The molecule has 0 spiro atoms. The fourth-order valence-electron chi connectivity index (χ4n) is 1.35. The van der Waals surface area contributed by atoms with Gasteiger partial charge in [-0.25, -0.2) is 4.39 Å². The van der Waals surface area contributed by atoms with Crippen molar-refractivity contribution < 1.29 is 17.6 Å². The van der Waals surface area contributed by atoms with E-state index in [-0.39, 0.29) is 5.56 Å². The van der Waals surface area contributed by atoms with Gasteiger partial charge in [0.1, 0.15) is 5.82 Å². The first kappa shape index (κ1) is 13.9. The van der Waals surface area contributed by atoms with Gasteiger partial charge in [0.05, 0.1) is 11.8 Å². The first-order valence-corrected chi connectivity index (χ1v) is 4.71. The van der Waals surface area contributed by atoms with Crippen LogP contribution in [0.5, 0.6) is 0 Å². The maximum Gasteiger partial charge on any atom is 0.417 e. The average Bonchev–Trinajstić information content (AvgIpc) is 2.21. The topological polar surface area (TPSA) is 76.8 Å². The van der Waals surface area contributed by atoms with Crippen LogP contribution in [0.15, 0.2) is 22.3 Å². The van der Waals surface area contributed by atoms with Crippen LogP contribution in [-0.4, -0.2) is 12.2 Å². The molecule has 0 radical (unpaired) electrons. The van der Waals surface area contributed by atoms with Gasteiger partial charge in [0, 0.05) is 5.56 Å². The first-order valence-electron chi connectivity index (χ1n) is 4.71. The molecule has 0 fully saturated rings. The monoisotopic (exact) mass is 262 g/mol. The van der Waals surface area contributed by atoms with Crippen LogP contribution in [0.1, 0.15) is 16.7 Å². The SMILES string of the molecule is Cc1c(F)ccc(C=NN=C(N)N)c1C(F)(F)F. The number of nitrogens with two attached hydrogens (primary N) is 2. The Balaban J connectivity index is 3.33. The van der Waals surface area contributed by atoms with Crippen molar-refractivity contribution in [2.24, 2.45) is 21.7 Å². The van der Waals surface area contributed by atoms with Crippen LogP contribution in [0.25, 0.3) is 0 Å². The molecule has 0 saturated carbocycles. The Morgan fingerprint density at radius 1 is 1.28 bits per heavy atom. The summed E-state index contributed by atoms with van der Waals surface area (Å²) in [6.45, 7) is 1.04. The summed E-state index contributed by atoms with van der Waals surface area (Å²) >= 11 is 0. The zero-order chi connectivity index (χ0) is 13.9. The Hall–Kier alpha value is -2.12. The predicted molar refractivity (Wildman–Crippen MR) is 59.5 cm³/mol. The number of guanidine groups is 1. The summed E-state index contributed by atoms with van der Waals surface area (Å²) in [7, 11) is 0. The number of hydrogen-bond acceptors (Lipinski definition) is 2. The van der Waals surface area contributed by atoms with Gasteiger partial charge in [0.25, 0.3) is 0 Å². The Morgan fingerprint density at radius 3 is 2.39 bits per heavy atom. The van der Waals surface area contributed by atoms with Gasteiger partial charge in [-0.05, 0) is 24.6 Å². The minimum Gasteiger partial charge on any atom is -0.369 e. The van der Waals surface area contributed by atoms with Crippen LogP contribution in [0.4, 0.5) is 17.6 Å². The largest absolute Gasteiger partial charge is 0.417 e. The number of nitrogens with zero attached hydrogens (tertiary/aromatic N) is 2. The van der Waals surface area contributed by atoms with Crippen molar-refractivity contribution in [3.05, 3.63) is 34.6 Å². The van der Waals surface area contributed by atoms with Crippen LogP contribution in [0.2, 0.25) is 0 Å². The molecule has 0 saturated heterocycles. The summed E-state index contributed by atoms with van der Waals surface area (Å²) in [6, 6.07) is 1.87. The van der Waals surface area contributed by atoms with Gasteiger partial charge in [-0.15, -0.1) is 5.10 Å². The van der Waals surface area contributed by atoms with E-state index in [1.54, 1.807) is 0 Å². The second-order valence-electron chi connectivity index (χ2n) is 3.40. The Bertz CT molecular complexity index is 501. The van der Waals surface area contributed by atoms with E-state index < -0.39 is 29.1 Å². The Morgan fingerprint density at radius 2 is 1.89 bits per heavy atom. The second kappa shape index (κ2) is 5.03. The molecule has 98 valence electrons. The molecule has 0 unspecified atom stereocenters.